The third kappa shape index (κ3) is 2.42. The van der Waals surface area contributed by atoms with Gasteiger partial charge in [0.2, 0.25) is 0 Å². The number of ether oxygens (including phenoxy) is 2. The number of carbonyl (C=O) groups is 1. The van der Waals surface area contributed by atoms with Crippen LogP contribution in [0.5, 0.6) is 5.75 Å². The average molecular weight is 242 g/mol. The van der Waals surface area contributed by atoms with Crippen molar-refractivity contribution in [2.75, 3.05) is 19.7 Å². The van der Waals surface area contributed by atoms with Crippen LogP contribution in [-0.4, -0.2) is 30.3 Å². The Bertz CT molecular complexity index is 459. The zero-order chi connectivity index (χ0) is 13.0. The molecule has 0 fully saturated rings. The van der Waals surface area contributed by atoms with Gasteiger partial charge in [-0.15, -0.1) is 0 Å². The summed E-state index contributed by atoms with van der Waals surface area (Å²) in [6.07, 6.45) is 0. The molecule has 0 aliphatic heterocycles. The summed E-state index contributed by atoms with van der Waals surface area (Å²) in [5.74, 6) is -0.857. The summed E-state index contributed by atoms with van der Waals surface area (Å²) in [6, 6.07) is 2.09. The molecule has 92 valence electrons. The number of nitrogens with one attached hydrogen (secondary N) is 1. The molecule has 1 aromatic carbocycles. The lowest BCUT2D eigenvalue weighted by molar-refractivity contribution is -0.385. The number of nitro benzene ring substituents is 1. The summed E-state index contributed by atoms with van der Waals surface area (Å²) < 4.78 is 9.25. The van der Waals surface area contributed by atoms with Gasteiger partial charge in [-0.25, -0.2) is 4.79 Å². The third-order valence-corrected chi connectivity index (χ3v) is 2.04. The molecule has 0 unspecified atom stereocenters. The average Bonchev–Trinajstić information content (AvgIpc) is 2.35. The summed E-state index contributed by atoms with van der Waals surface area (Å²) in [5.41, 5.74) is 1.11. The Labute approximate surface area is 95.9 Å². The standard InChI is InChI=1S/C9H10N2O6/c1-16-8-3-5(9(12)17-2)6(10-13)4-7(8)11(14)15/h3-4,10,13H,1-2H3. The van der Waals surface area contributed by atoms with Gasteiger partial charge in [-0.2, -0.15) is 0 Å². The molecular formula is C9H10N2O6. The normalized spacial score (nSPS) is 9.59. The molecule has 1 rings (SSSR count). The van der Waals surface area contributed by atoms with Crippen LogP contribution >= 0.6 is 0 Å². The highest BCUT2D eigenvalue weighted by molar-refractivity contribution is 5.96. The van der Waals surface area contributed by atoms with E-state index in [9.17, 15) is 14.9 Å². The first kappa shape index (κ1) is 12.7. The van der Waals surface area contributed by atoms with Gasteiger partial charge in [-0.05, 0) is 0 Å². The molecule has 1 aromatic rings. The minimum Gasteiger partial charge on any atom is -0.490 e. The molecule has 0 saturated heterocycles. The van der Waals surface area contributed by atoms with Gasteiger partial charge in [-0.1, -0.05) is 0 Å². The number of nitrogens with zero attached hydrogens (tertiary/aromatic N) is 1. The molecule has 0 spiro atoms. The van der Waals surface area contributed by atoms with Crippen molar-refractivity contribution in [2.24, 2.45) is 0 Å². The van der Waals surface area contributed by atoms with Gasteiger partial charge in [0.1, 0.15) is 0 Å². The molecule has 0 atom stereocenters. The van der Waals surface area contributed by atoms with Gasteiger partial charge < -0.3 is 9.47 Å². The van der Waals surface area contributed by atoms with Crippen molar-refractivity contribution in [2.45, 2.75) is 0 Å². The smallest absolute Gasteiger partial charge is 0.340 e. The van der Waals surface area contributed by atoms with E-state index in [-0.39, 0.29) is 22.7 Å². The van der Waals surface area contributed by atoms with Crippen LogP contribution in [0.1, 0.15) is 10.4 Å². The number of hydrogen-bond acceptors (Lipinski definition) is 7. The molecule has 8 heteroatoms. The predicted molar refractivity (Wildman–Crippen MR) is 56.4 cm³/mol. The van der Waals surface area contributed by atoms with E-state index in [0.717, 1.165) is 19.2 Å². The van der Waals surface area contributed by atoms with Crippen molar-refractivity contribution in [1.29, 1.82) is 0 Å². The van der Waals surface area contributed by atoms with Gasteiger partial charge in [-0.3, -0.25) is 20.8 Å². The maximum atomic E-state index is 11.3. The fourth-order valence-electron chi connectivity index (χ4n) is 1.25. The summed E-state index contributed by atoms with van der Waals surface area (Å²) >= 11 is 0. The highest BCUT2D eigenvalue weighted by Crippen LogP contribution is 2.33. The molecule has 0 heterocycles. The molecule has 0 radical (unpaired) electrons. The number of esters is 1. The minimum absolute atomic E-state index is 0.0718. The quantitative estimate of drug-likeness (QED) is 0.463. The van der Waals surface area contributed by atoms with E-state index in [2.05, 4.69) is 4.74 Å². The SMILES string of the molecule is COC(=O)c1cc(OC)c([N+](=O)[O-])cc1NO. The van der Waals surface area contributed by atoms with Crippen molar-refractivity contribution in [1.82, 2.24) is 0 Å². The Morgan fingerprint density at radius 1 is 1.47 bits per heavy atom. The zero-order valence-electron chi connectivity index (χ0n) is 9.09. The molecule has 0 saturated carbocycles. The minimum atomic E-state index is -0.755. The molecule has 0 aliphatic carbocycles. The summed E-state index contributed by atoms with van der Waals surface area (Å²) in [4.78, 5) is 21.3. The van der Waals surface area contributed by atoms with E-state index in [1.807, 2.05) is 0 Å². The molecule has 2 N–H and O–H groups in total. The Balaban J connectivity index is 3.43. The number of anilines is 1. The number of carbonyl (C=O) groups excluding carboxylic acids is 1. The van der Waals surface area contributed by atoms with Crippen molar-refractivity contribution in [3.63, 3.8) is 0 Å². The molecule has 0 aliphatic rings. The molecular weight excluding hydrogens is 232 g/mol. The lowest BCUT2D eigenvalue weighted by atomic mass is 10.1. The van der Waals surface area contributed by atoms with Gasteiger partial charge in [0.15, 0.2) is 5.75 Å². The van der Waals surface area contributed by atoms with Crippen LogP contribution in [-0.2, 0) is 4.74 Å². The second kappa shape index (κ2) is 5.12. The third-order valence-electron chi connectivity index (χ3n) is 2.04. The maximum absolute atomic E-state index is 11.3. The Kier molecular flexibility index (Phi) is 3.83. The number of rotatable bonds is 4. The second-order valence-electron chi connectivity index (χ2n) is 2.93. The highest BCUT2D eigenvalue weighted by Gasteiger charge is 2.22. The Morgan fingerprint density at radius 2 is 2.12 bits per heavy atom. The summed E-state index contributed by atoms with van der Waals surface area (Å²) in [7, 11) is 2.38. The van der Waals surface area contributed by atoms with Crippen molar-refractivity contribution in [3.05, 3.63) is 27.8 Å². The van der Waals surface area contributed by atoms with Gasteiger partial charge in [0, 0.05) is 12.1 Å². The monoisotopic (exact) mass is 242 g/mol. The lowest BCUT2D eigenvalue weighted by Gasteiger charge is -2.09. The van der Waals surface area contributed by atoms with Crippen LogP contribution < -0.4 is 10.2 Å². The van der Waals surface area contributed by atoms with Crippen molar-refractivity contribution < 1.29 is 24.4 Å². The van der Waals surface area contributed by atoms with Crippen LogP contribution in [0.4, 0.5) is 11.4 Å². The number of hydrogen-bond donors (Lipinski definition) is 2. The van der Waals surface area contributed by atoms with E-state index in [1.54, 1.807) is 5.48 Å². The molecule has 0 bridgehead atoms. The highest BCUT2D eigenvalue weighted by atomic mass is 16.6. The second-order valence-corrected chi connectivity index (χ2v) is 2.93. The van der Waals surface area contributed by atoms with Gasteiger partial charge >= 0.3 is 11.7 Å². The zero-order valence-corrected chi connectivity index (χ0v) is 9.09. The number of benzene rings is 1. The van der Waals surface area contributed by atoms with Crippen molar-refractivity contribution >= 4 is 17.3 Å². The van der Waals surface area contributed by atoms with Crippen LogP contribution in [0.15, 0.2) is 12.1 Å². The van der Waals surface area contributed by atoms with E-state index >= 15 is 0 Å². The Morgan fingerprint density at radius 3 is 2.53 bits per heavy atom. The van der Waals surface area contributed by atoms with E-state index in [4.69, 9.17) is 9.94 Å². The fraction of sp³-hybridized carbons (Fsp3) is 0.222. The number of nitro groups is 1. The van der Waals surface area contributed by atoms with Crippen LogP contribution in [0.3, 0.4) is 0 Å². The van der Waals surface area contributed by atoms with Crippen LogP contribution in [0.2, 0.25) is 0 Å². The molecule has 0 aromatic heterocycles. The van der Waals surface area contributed by atoms with Crippen LogP contribution in [0, 0.1) is 10.1 Å². The lowest BCUT2D eigenvalue weighted by Crippen LogP contribution is -2.07. The summed E-state index contributed by atoms with van der Waals surface area (Å²) in [5, 5.41) is 19.5. The van der Waals surface area contributed by atoms with E-state index in [1.165, 1.54) is 7.11 Å². The van der Waals surface area contributed by atoms with Gasteiger partial charge in [0.05, 0.1) is 30.4 Å². The molecule has 0 amide bonds. The Hall–Kier alpha value is -2.35. The van der Waals surface area contributed by atoms with Gasteiger partial charge in [0.25, 0.3) is 0 Å². The first-order valence-electron chi connectivity index (χ1n) is 4.40. The topological polar surface area (TPSA) is 111 Å². The largest absolute Gasteiger partial charge is 0.490 e. The summed E-state index contributed by atoms with van der Waals surface area (Å²) in [6.45, 7) is 0. The van der Waals surface area contributed by atoms with E-state index < -0.39 is 10.9 Å². The first-order valence-corrected chi connectivity index (χ1v) is 4.40. The van der Waals surface area contributed by atoms with Crippen LogP contribution in [0.25, 0.3) is 0 Å². The maximum Gasteiger partial charge on any atom is 0.340 e. The molecule has 8 nitrogen and oxygen atoms in total. The van der Waals surface area contributed by atoms with Crippen molar-refractivity contribution in [3.8, 4) is 5.75 Å². The predicted octanol–water partition coefficient (Wildman–Crippen LogP) is 1.19. The number of methoxy groups -OCH3 is 2. The van der Waals surface area contributed by atoms with E-state index in [0.29, 0.717) is 0 Å². The first-order chi connectivity index (χ1) is 8.04. The molecule has 17 heavy (non-hydrogen) atoms. The fourth-order valence-corrected chi connectivity index (χ4v) is 1.25.